The highest BCUT2D eigenvalue weighted by Gasteiger charge is 2.15. The SMILES string of the molecule is CCc1nc(C)c(-c2cn3nc(Cl)cc(Br)c3n2)nc1CC. The van der Waals surface area contributed by atoms with Gasteiger partial charge in [-0.15, -0.1) is 0 Å². The minimum atomic E-state index is 0.404. The molecule has 0 aliphatic carbocycles. The lowest BCUT2D eigenvalue weighted by atomic mass is 10.1. The molecule has 114 valence electrons. The van der Waals surface area contributed by atoms with Gasteiger partial charge in [-0.05, 0) is 41.8 Å². The Morgan fingerprint density at radius 1 is 1.14 bits per heavy atom. The minimum absolute atomic E-state index is 0.404. The van der Waals surface area contributed by atoms with Gasteiger partial charge in [-0.25, -0.2) is 14.5 Å². The van der Waals surface area contributed by atoms with E-state index in [9.17, 15) is 0 Å². The summed E-state index contributed by atoms with van der Waals surface area (Å²) in [4.78, 5) is 14.1. The maximum absolute atomic E-state index is 5.98. The number of hydrogen-bond acceptors (Lipinski definition) is 4. The number of nitrogens with zero attached hydrogens (tertiary/aromatic N) is 5. The largest absolute Gasteiger partial charge is 0.254 e. The van der Waals surface area contributed by atoms with Crippen LogP contribution in [0.2, 0.25) is 5.15 Å². The molecule has 0 atom stereocenters. The van der Waals surface area contributed by atoms with Gasteiger partial charge < -0.3 is 0 Å². The van der Waals surface area contributed by atoms with E-state index in [1.165, 1.54) is 0 Å². The van der Waals surface area contributed by atoms with Crippen LogP contribution in [0.5, 0.6) is 0 Å². The first-order valence-electron chi connectivity index (χ1n) is 7.11. The summed E-state index contributed by atoms with van der Waals surface area (Å²) in [5.41, 5.74) is 5.19. The molecule has 0 aliphatic heterocycles. The number of fused-ring (bicyclic) bond motifs is 1. The maximum Gasteiger partial charge on any atom is 0.168 e. The average molecular weight is 381 g/mol. The number of aryl methyl sites for hydroxylation is 3. The van der Waals surface area contributed by atoms with Crippen molar-refractivity contribution < 1.29 is 0 Å². The van der Waals surface area contributed by atoms with Crippen molar-refractivity contribution in [3.63, 3.8) is 0 Å². The monoisotopic (exact) mass is 379 g/mol. The van der Waals surface area contributed by atoms with E-state index in [0.717, 1.165) is 45.8 Å². The zero-order valence-electron chi connectivity index (χ0n) is 12.6. The smallest absolute Gasteiger partial charge is 0.168 e. The molecule has 0 saturated carbocycles. The summed E-state index contributed by atoms with van der Waals surface area (Å²) in [6.45, 7) is 6.14. The maximum atomic E-state index is 5.98. The molecule has 0 amide bonds. The molecule has 3 aromatic heterocycles. The summed E-state index contributed by atoms with van der Waals surface area (Å²) in [5.74, 6) is 0. The molecule has 7 heteroatoms. The van der Waals surface area contributed by atoms with Crippen molar-refractivity contribution in [2.45, 2.75) is 33.6 Å². The molecule has 0 aliphatic rings. The van der Waals surface area contributed by atoms with Crippen LogP contribution in [0.4, 0.5) is 0 Å². The molecule has 0 aromatic carbocycles. The number of rotatable bonds is 3. The van der Waals surface area contributed by atoms with Crippen molar-refractivity contribution in [1.29, 1.82) is 0 Å². The molecular weight excluding hydrogens is 366 g/mol. The van der Waals surface area contributed by atoms with Gasteiger partial charge >= 0.3 is 0 Å². The molecule has 0 spiro atoms. The van der Waals surface area contributed by atoms with Crippen LogP contribution >= 0.6 is 27.5 Å². The lowest BCUT2D eigenvalue weighted by Crippen LogP contribution is -2.04. The Bertz CT molecular complexity index is 859. The Labute approximate surface area is 141 Å². The van der Waals surface area contributed by atoms with Gasteiger partial charge in [-0.1, -0.05) is 25.4 Å². The lowest BCUT2D eigenvalue weighted by molar-refractivity contribution is 0.887. The summed E-state index contributed by atoms with van der Waals surface area (Å²) in [6.07, 6.45) is 3.56. The summed E-state index contributed by atoms with van der Waals surface area (Å²) in [7, 11) is 0. The van der Waals surface area contributed by atoms with E-state index in [1.807, 2.05) is 13.1 Å². The van der Waals surface area contributed by atoms with Gasteiger partial charge in [0.15, 0.2) is 10.8 Å². The standard InChI is InChI=1S/C15H15BrClN5/c1-4-10-11(5-2)19-14(8(3)18-10)12-7-22-15(20-12)9(16)6-13(17)21-22/h6-7H,4-5H2,1-3H3. The molecule has 22 heavy (non-hydrogen) atoms. The van der Waals surface area contributed by atoms with Crippen LogP contribution in [-0.2, 0) is 12.8 Å². The van der Waals surface area contributed by atoms with Crippen molar-refractivity contribution in [3.05, 3.63) is 39.0 Å². The molecule has 0 bridgehead atoms. The molecule has 0 fully saturated rings. The lowest BCUT2D eigenvalue weighted by Gasteiger charge is -2.08. The molecule has 3 aromatic rings. The fourth-order valence-corrected chi connectivity index (χ4v) is 3.24. The van der Waals surface area contributed by atoms with Gasteiger partial charge in [0.25, 0.3) is 0 Å². The highest BCUT2D eigenvalue weighted by atomic mass is 79.9. The van der Waals surface area contributed by atoms with E-state index in [1.54, 1.807) is 10.6 Å². The van der Waals surface area contributed by atoms with Gasteiger partial charge in [0.2, 0.25) is 0 Å². The predicted octanol–water partition coefficient (Wildman–Crippen LogP) is 4.04. The van der Waals surface area contributed by atoms with E-state index in [2.05, 4.69) is 44.8 Å². The summed E-state index contributed by atoms with van der Waals surface area (Å²) >= 11 is 9.44. The van der Waals surface area contributed by atoms with Crippen LogP contribution in [-0.4, -0.2) is 24.6 Å². The molecule has 0 unspecified atom stereocenters. The van der Waals surface area contributed by atoms with E-state index < -0.39 is 0 Å². The first kappa shape index (κ1) is 15.4. The Balaban J connectivity index is 2.21. The summed E-state index contributed by atoms with van der Waals surface area (Å²) in [6, 6.07) is 1.73. The Morgan fingerprint density at radius 2 is 1.82 bits per heavy atom. The second-order valence-corrected chi connectivity index (χ2v) is 6.21. The second kappa shape index (κ2) is 5.93. The predicted molar refractivity (Wildman–Crippen MR) is 90.2 cm³/mol. The number of hydrogen-bond donors (Lipinski definition) is 0. The van der Waals surface area contributed by atoms with E-state index in [0.29, 0.717) is 10.8 Å². The van der Waals surface area contributed by atoms with Crippen LogP contribution in [0.1, 0.15) is 30.9 Å². The van der Waals surface area contributed by atoms with Crippen molar-refractivity contribution in [2.24, 2.45) is 0 Å². The highest BCUT2D eigenvalue weighted by molar-refractivity contribution is 9.10. The van der Waals surface area contributed by atoms with Gasteiger partial charge in [0.05, 0.1) is 27.8 Å². The third kappa shape index (κ3) is 2.61. The van der Waals surface area contributed by atoms with Crippen molar-refractivity contribution >= 4 is 33.2 Å². The second-order valence-electron chi connectivity index (χ2n) is 4.97. The third-order valence-electron chi connectivity index (χ3n) is 3.49. The molecule has 0 N–H and O–H groups in total. The minimum Gasteiger partial charge on any atom is -0.254 e. The molecule has 0 saturated heterocycles. The van der Waals surface area contributed by atoms with E-state index in [4.69, 9.17) is 16.6 Å². The number of halogens is 2. The highest BCUT2D eigenvalue weighted by Crippen LogP contribution is 2.25. The zero-order valence-corrected chi connectivity index (χ0v) is 14.9. The van der Waals surface area contributed by atoms with E-state index in [-0.39, 0.29) is 0 Å². The summed E-state index contributed by atoms with van der Waals surface area (Å²) in [5, 5.41) is 4.63. The van der Waals surface area contributed by atoms with Crippen molar-refractivity contribution in [1.82, 2.24) is 24.6 Å². The quantitative estimate of drug-likeness (QED) is 0.688. The van der Waals surface area contributed by atoms with Crippen LogP contribution in [0.3, 0.4) is 0 Å². The van der Waals surface area contributed by atoms with Crippen LogP contribution in [0, 0.1) is 6.92 Å². The molecule has 3 rings (SSSR count). The van der Waals surface area contributed by atoms with Gasteiger partial charge in [0, 0.05) is 0 Å². The Kier molecular flexibility index (Phi) is 4.14. The first-order chi connectivity index (χ1) is 10.5. The van der Waals surface area contributed by atoms with Crippen molar-refractivity contribution in [2.75, 3.05) is 0 Å². The number of imidazole rings is 1. The Morgan fingerprint density at radius 3 is 2.50 bits per heavy atom. The van der Waals surface area contributed by atoms with Crippen LogP contribution in [0.15, 0.2) is 16.7 Å². The van der Waals surface area contributed by atoms with E-state index >= 15 is 0 Å². The summed E-state index contributed by atoms with van der Waals surface area (Å²) < 4.78 is 2.45. The topological polar surface area (TPSA) is 56.0 Å². The third-order valence-corrected chi connectivity index (χ3v) is 4.26. The first-order valence-corrected chi connectivity index (χ1v) is 8.28. The van der Waals surface area contributed by atoms with Crippen molar-refractivity contribution in [3.8, 4) is 11.4 Å². The normalized spacial score (nSPS) is 11.3. The fraction of sp³-hybridized carbons (Fsp3) is 0.333. The molecular formula is C15H15BrClN5. The molecule has 3 heterocycles. The molecule has 0 radical (unpaired) electrons. The zero-order chi connectivity index (χ0) is 15.9. The van der Waals surface area contributed by atoms with Crippen LogP contribution in [0.25, 0.3) is 17.0 Å². The van der Waals surface area contributed by atoms with Gasteiger partial charge in [0.1, 0.15) is 11.4 Å². The van der Waals surface area contributed by atoms with Gasteiger partial charge in [-0.3, -0.25) is 4.98 Å². The van der Waals surface area contributed by atoms with Crippen LogP contribution < -0.4 is 0 Å². The van der Waals surface area contributed by atoms with Gasteiger partial charge in [-0.2, -0.15) is 5.10 Å². The molecule has 5 nitrogen and oxygen atoms in total. The fourth-order valence-electron chi connectivity index (χ4n) is 2.43. The Hall–Kier alpha value is -1.53. The number of aromatic nitrogens is 5. The average Bonchev–Trinajstić information content (AvgIpc) is 2.90.